The first-order valence-corrected chi connectivity index (χ1v) is 10.4. The second-order valence-corrected chi connectivity index (χ2v) is 8.49. The van der Waals surface area contributed by atoms with Gasteiger partial charge in [0.25, 0.3) is 0 Å². The number of nitrogens with zero attached hydrogens (tertiary/aromatic N) is 1. The van der Waals surface area contributed by atoms with Crippen molar-refractivity contribution < 1.29 is 27.8 Å². The second-order valence-electron chi connectivity index (χ2n) is 6.60. The van der Waals surface area contributed by atoms with Gasteiger partial charge in [-0.3, -0.25) is 4.79 Å². The molecule has 1 heterocycles. The highest BCUT2D eigenvalue weighted by molar-refractivity contribution is 7.89. The highest BCUT2D eigenvalue weighted by Gasteiger charge is 2.40. The van der Waals surface area contributed by atoms with Crippen molar-refractivity contribution in [3.05, 3.63) is 60.2 Å². The lowest BCUT2D eigenvalue weighted by Crippen LogP contribution is -2.51. The van der Waals surface area contributed by atoms with E-state index < -0.39 is 22.0 Å². The van der Waals surface area contributed by atoms with E-state index in [9.17, 15) is 18.3 Å². The van der Waals surface area contributed by atoms with Gasteiger partial charge in [-0.25, -0.2) is 8.42 Å². The molecule has 0 bridgehead atoms. The van der Waals surface area contributed by atoms with Crippen LogP contribution in [0.25, 0.3) is 0 Å². The van der Waals surface area contributed by atoms with Crippen LogP contribution in [0.5, 0.6) is 5.75 Å². The molecule has 7 nitrogen and oxygen atoms in total. The molecule has 0 amide bonds. The van der Waals surface area contributed by atoms with Crippen LogP contribution in [0.2, 0.25) is 0 Å². The maximum absolute atomic E-state index is 13.0. The summed E-state index contributed by atoms with van der Waals surface area (Å²) in [6, 6.07) is 14.5. The minimum absolute atomic E-state index is 0.0432. The summed E-state index contributed by atoms with van der Waals surface area (Å²) in [5.41, 5.74) is 1.00. The van der Waals surface area contributed by atoms with E-state index in [1.807, 2.05) is 30.3 Å². The average molecular weight is 405 g/mol. The zero-order chi connectivity index (χ0) is 20.1. The first-order valence-electron chi connectivity index (χ1n) is 8.96. The third kappa shape index (κ3) is 4.52. The zero-order valence-corrected chi connectivity index (χ0v) is 16.3. The third-order valence-corrected chi connectivity index (χ3v) is 6.72. The quantitative estimate of drug-likeness (QED) is 0.761. The molecule has 28 heavy (non-hydrogen) atoms. The minimum atomic E-state index is -3.93. The van der Waals surface area contributed by atoms with Crippen LogP contribution in [0.1, 0.15) is 18.4 Å². The van der Waals surface area contributed by atoms with E-state index in [-0.39, 0.29) is 24.0 Å². The lowest BCUT2D eigenvalue weighted by atomic mass is 10.0. The molecule has 2 atom stereocenters. The van der Waals surface area contributed by atoms with E-state index >= 15 is 0 Å². The highest BCUT2D eigenvalue weighted by atomic mass is 32.2. The van der Waals surface area contributed by atoms with E-state index in [1.54, 1.807) is 12.1 Å². The Labute approximate surface area is 164 Å². The van der Waals surface area contributed by atoms with Crippen LogP contribution >= 0.6 is 0 Å². The van der Waals surface area contributed by atoms with Crippen molar-refractivity contribution in [2.45, 2.75) is 36.5 Å². The molecule has 3 rings (SSSR count). The molecule has 1 N–H and O–H groups in total. The number of rotatable bonds is 7. The van der Waals surface area contributed by atoms with Crippen LogP contribution in [0, 0.1) is 0 Å². The van der Waals surface area contributed by atoms with Gasteiger partial charge in [0.05, 0.1) is 11.0 Å². The van der Waals surface area contributed by atoms with E-state index in [1.165, 1.54) is 19.2 Å². The number of ether oxygens (including phenoxy) is 2. The number of benzene rings is 2. The van der Waals surface area contributed by atoms with Crippen molar-refractivity contribution >= 4 is 16.0 Å². The van der Waals surface area contributed by atoms with Crippen LogP contribution in [0.15, 0.2) is 59.5 Å². The number of sulfonamides is 1. The molecule has 0 spiro atoms. The predicted octanol–water partition coefficient (Wildman–Crippen LogP) is 2.52. The lowest BCUT2D eigenvalue weighted by Gasteiger charge is -2.35. The van der Waals surface area contributed by atoms with Gasteiger partial charge < -0.3 is 14.6 Å². The van der Waals surface area contributed by atoms with Crippen LogP contribution in [-0.4, -0.2) is 49.6 Å². The third-order valence-electron chi connectivity index (χ3n) is 4.80. The normalized spacial score (nSPS) is 20.6. The number of carboxylic acids is 1. The molecule has 8 heteroatoms. The smallest absolute Gasteiger partial charge is 0.322 e. The van der Waals surface area contributed by atoms with Gasteiger partial charge in [-0.1, -0.05) is 30.3 Å². The molecule has 0 aliphatic carbocycles. The molecule has 1 aliphatic heterocycles. The van der Waals surface area contributed by atoms with Crippen molar-refractivity contribution in [3.8, 4) is 5.75 Å². The first-order chi connectivity index (χ1) is 13.4. The lowest BCUT2D eigenvalue weighted by molar-refractivity contribution is -0.144. The van der Waals surface area contributed by atoms with Crippen LogP contribution in [0.4, 0.5) is 0 Å². The van der Waals surface area contributed by atoms with Gasteiger partial charge in [0.1, 0.15) is 18.4 Å². The van der Waals surface area contributed by atoms with Gasteiger partial charge in [-0.2, -0.15) is 4.31 Å². The summed E-state index contributed by atoms with van der Waals surface area (Å²) in [5.74, 6) is -0.635. The maximum Gasteiger partial charge on any atom is 0.322 e. The first kappa shape index (κ1) is 20.3. The Kier molecular flexibility index (Phi) is 6.33. The molecular formula is C20H23NO6S. The topological polar surface area (TPSA) is 93.1 Å². The molecule has 2 aromatic carbocycles. The SMILES string of the molecule is COC1CCN(S(=O)(=O)c2ccc(OCc3ccccc3)cc2)C(C(=O)O)C1. The summed E-state index contributed by atoms with van der Waals surface area (Å²) in [6.45, 7) is 0.475. The summed E-state index contributed by atoms with van der Waals surface area (Å²) >= 11 is 0. The van der Waals surface area contributed by atoms with Gasteiger partial charge in [0.2, 0.25) is 10.0 Å². The maximum atomic E-state index is 13.0. The Morgan fingerprint density at radius 3 is 2.43 bits per heavy atom. The van der Waals surface area contributed by atoms with E-state index in [0.29, 0.717) is 18.8 Å². The van der Waals surface area contributed by atoms with Gasteiger partial charge in [0.15, 0.2) is 0 Å². The number of hydrogen-bond donors (Lipinski definition) is 1. The molecule has 2 aromatic rings. The molecule has 150 valence electrons. The van der Waals surface area contributed by atoms with Gasteiger partial charge in [-0.05, 0) is 36.2 Å². The second kappa shape index (κ2) is 8.72. The van der Waals surface area contributed by atoms with Crippen molar-refractivity contribution in [2.75, 3.05) is 13.7 Å². The largest absolute Gasteiger partial charge is 0.489 e. The van der Waals surface area contributed by atoms with Gasteiger partial charge >= 0.3 is 5.97 Å². The molecular weight excluding hydrogens is 382 g/mol. The number of aliphatic carboxylic acids is 1. The van der Waals surface area contributed by atoms with Crippen molar-refractivity contribution in [1.82, 2.24) is 4.31 Å². The van der Waals surface area contributed by atoms with Crippen LogP contribution in [-0.2, 0) is 26.2 Å². The Balaban J connectivity index is 1.73. The van der Waals surface area contributed by atoms with E-state index in [2.05, 4.69) is 0 Å². The number of methoxy groups -OCH3 is 1. The van der Waals surface area contributed by atoms with Crippen molar-refractivity contribution in [3.63, 3.8) is 0 Å². The summed E-state index contributed by atoms with van der Waals surface area (Å²) in [6.07, 6.45) is 0.322. The monoisotopic (exact) mass is 405 g/mol. The number of piperidine rings is 1. The minimum Gasteiger partial charge on any atom is -0.489 e. The average Bonchev–Trinajstić information content (AvgIpc) is 2.72. The van der Waals surface area contributed by atoms with Gasteiger partial charge in [-0.15, -0.1) is 0 Å². The summed E-state index contributed by atoms with van der Waals surface area (Å²) < 4.78 is 37.9. The molecule has 1 fully saturated rings. The number of carboxylic acid groups (broad SMARTS) is 1. The van der Waals surface area contributed by atoms with Crippen LogP contribution in [0.3, 0.4) is 0 Å². The van der Waals surface area contributed by atoms with Crippen molar-refractivity contribution in [2.24, 2.45) is 0 Å². The van der Waals surface area contributed by atoms with Gasteiger partial charge in [0, 0.05) is 20.1 Å². The molecule has 0 radical (unpaired) electrons. The summed E-state index contributed by atoms with van der Waals surface area (Å²) in [7, 11) is -2.43. The molecule has 0 aromatic heterocycles. The summed E-state index contributed by atoms with van der Waals surface area (Å²) in [4.78, 5) is 11.6. The van der Waals surface area contributed by atoms with E-state index in [0.717, 1.165) is 9.87 Å². The molecule has 0 saturated carbocycles. The highest BCUT2D eigenvalue weighted by Crippen LogP contribution is 2.28. The fraction of sp³-hybridized carbons (Fsp3) is 0.350. The zero-order valence-electron chi connectivity index (χ0n) is 15.5. The fourth-order valence-electron chi connectivity index (χ4n) is 3.22. The molecule has 1 saturated heterocycles. The Hall–Kier alpha value is -2.42. The Morgan fingerprint density at radius 2 is 1.82 bits per heavy atom. The summed E-state index contributed by atoms with van der Waals surface area (Å²) in [5, 5.41) is 9.47. The fourth-order valence-corrected chi connectivity index (χ4v) is 4.83. The standard InChI is InChI=1S/C20H23NO6S/c1-26-17-11-12-21(19(13-17)20(22)23)28(24,25)18-9-7-16(8-10-18)27-14-15-5-3-2-4-6-15/h2-10,17,19H,11-14H2,1H3,(H,22,23). The van der Waals surface area contributed by atoms with Crippen molar-refractivity contribution in [1.29, 1.82) is 0 Å². The number of carbonyl (C=O) groups is 1. The Bertz CT molecular complexity index is 898. The molecule has 1 aliphatic rings. The molecule has 2 unspecified atom stereocenters. The number of hydrogen-bond acceptors (Lipinski definition) is 5. The van der Waals surface area contributed by atoms with Crippen LogP contribution < -0.4 is 4.74 Å². The predicted molar refractivity (Wildman–Crippen MR) is 103 cm³/mol. The Morgan fingerprint density at radius 1 is 1.14 bits per heavy atom. The van der Waals surface area contributed by atoms with E-state index in [4.69, 9.17) is 9.47 Å².